The van der Waals surface area contributed by atoms with Crippen molar-refractivity contribution in [2.24, 2.45) is 5.92 Å². The molecule has 0 radical (unpaired) electrons. The number of ether oxygens (including phenoxy) is 1. The molecule has 0 saturated carbocycles. The van der Waals surface area contributed by atoms with Gasteiger partial charge < -0.3 is 15.4 Å². The standard InChI is InChI=1S/C11H20N2O3/c1-2-16-10(14)5-7-13-11(15)9-4-3-6-12-8-9/h9,12H,2-8H2,1H3,(H,13,15)/t9-/m0/s1. The molecule has 1 amide bonds. The highest BCUT2D eigenvalue weighted by atomic mass is 16.5. The van der Waals surface area contributed by atoms with Crippen molar-refractivity contribution in [3.05, 3.63) is 0 Å². The van der Waals surface area contributed by atoms with Gasteiger partial charge in [0, 0.05) is 13.1 Å². The van der Waals surface area contributed by atoms with Gasteiger partial charge >= 0.3 is 5.97 Å². The Balaban J connectivity index is 2.12. The summed E-state index contributed by atoms with van der Waals surface area (Å²) < 4.78 is 4.77. The lowest BCUT2D eigenvalue weighted by Gasteiger charge is -2.21. The van der Waals surface area contributed by atoms with Gasteiger partial charge in [0.2, 0.25) is 5.91 Å². The molecule has 1 heterocycles. The number of esters is 1. The van der Waals surface area contributed by atoms with Crippen molar-refractivity contribution < 1.29 is 14.3 Å². The summed E-state index contributed by atoms with van der Waals surface area (Å²) in [4.78, 5) is 22.6. The van der Waals surface area contributed by atoms with Gasteiger partial charge in [0.1, 0.15) is 0 Å². The number of hydrogen-bond donors (Lipinski definition) is 2. The maximum Gasteiger partial charge on any atom is 0.307 e. The van der Waals surface area contributed by atoms with Crippen molar-refractivity contribution in [1.82, 2.24) is 10.6 Å². The summed E-state index contributed by atoms with van der Waals surface area (Å²) in [5.74, 6) is -0.169. The lowest BCUT2D eigenvalue weighted by atomic mass is 9.99. The molecule has 1 fully saturated rings. The third kappa shape index (κ3) is 4.61. The van der Waals surface area contributed by atoms with Crippen molar-refractivity contribution >= 4 is 11.9 Å². The molecule has 1 rings (SSSR count). The summed E-state index contributed by atoms with van der Waals surface area (Å²) >= 11 is 0. The summed E-state index contributed by atoms with van der Waals surface area (Å²) in [5.41, 5.74) is 0. The van der Waals surface area contributed by atoms with Crippen LogP contribution in [0.4, 0.5) is 0 Å². The number of nitrogens with one attached hydrogen (secondary N) is 2. The van der Waals surface area contributed by atoms with Gasteiger partial charge in [0.15, 0.2) is 0 Å². The monoisotopic (exact) mass is 228 g/mol. The van der Waals surface area contributed by atoms with Gasteiger partial charge in [-0.3, -0.25) is 9.59 Å². The molecule has 1 saturated heterocycles. The number of carbonyl (C=O) groups is 2. The maximum atomic E-state index is 11.6. The van der Waals surface area contributed by atoms with E-state index in [-0.39, 0.29) is 24.2 Å². The summed E-state index contributed by atoms with van der Waals surface area (Å²) in [5, 5.41) is 5.94. The Morgan fingerprint density at radius 1 is 1.50 bits per heavy atom. The predicted molar refractivity (Wildman–Crippen MR) is 59.9 cm³/mol. The second-order valence-electron chi connectivity index (χ2n) is 3.89. The lowest BCUT2D eigenvalue weighted by molar-refractivity contribution is -0.143. The fourth-order valence-electron chi connectivity index (χ4n) is 1.74. The lowest BCUT2D eigenvalue weighted by Crippen LogP contribution is -2.41. The smallest absolute Gasteiger partial charge is 0.307 e. The van der Waals surface area contributed by atoms with Gasteiger partial charge in [-0.1, -0.05) is 0 Å². The van der Waals surface area contributed by atoms with Gasteiger partial charge in [0.05, 0.1) is 18.9 Å². The van der Waals surface area contributed by atoms with Crippen LogP contribution in [-0.4, -0.2) is 38.1 Å². The Hall–Kier alpha value is -1.10. The van der Waals surface area contributed by atoms with E-state index in [1.165, 1.54) is 0 Å². The third-order valence-electron chi connectivity index (χ3n) is 2.60. The normalized spacial score (nSPS) is 20.2. The largest absolute Gasteiger partial charge is 0.466 e. The van der Waals surface area contributed by atoms with Gasteiger partial charge in [0.25, 0.3) is 0 Å². The first-order valence-electron chi connectivity index (χ1n) is 5.88. The highest BCUT2D eigenvalue weighted by molar-refractivity contribution is 5.79. The number of carbonyl (C=O) groups excluding carboxylic acids is 2. The molecule has 5 nitrogen and oxygen atoms in total. The van der Waals surface area contributed by atoms with E-state index in [2.05, 4.69) is 10.6 Å². The van der Waals surface area contributed by atoms with Crippen molar-refractivity contribution in [2.45, 2.75) is 26.2 Å². The third-order valence-corrected chi connectivity index (χ3v) is 2.60. The van der Waals surface area contributed by atoms with E-state index in [0.29, 0.717) is 13.2 Å². The van der Waals surface area contributed by atoms with Gasteiger partial charge in [-0.2, -0.15) is 0 Å². The molecular formula is C11H20N2O3. The van der Waals surface area contributed by atoms with Crippen LogP contribution in [0.2, 0.25) is 0 Å². The minimum Gasteiger partial charge on any atom is -0.466 e. The first-order chi connectivity index (χ1) is 7.74. The molecule has 2 N–H and O–H groups in total. The highest BCUT2D eigenvalue weighted by Crippen LogP contribution is 2.09. The van der Waals surface area contributed by atoms with E-state index in [1.54, 1.807) is 6.92 Å². The van der Waals surface area contributed by atoms with E-state index in [1.807, 2.05) is 0 Å². The molecule has 92 valence electrons. The quantitative estimate of drug-likeness (QED) is 0.653. The Labute approximate surface area is 95.9 Å². The summed E-state index contributed by atoms with van der Waals surface area (Å²) in [6, 6.07) is 0. The average molecular weight is 228 g/mol. The van der Waals surface area contributed by atoms with Gasteiger partial charge in [-0.05, 0) is 26.3 Å². The molecule has 0 bridgehead atoms. The van der Waals surface area contributed by atoms with Crippen LogP contribution in [0.1, 0.15) is 26.2 Å². The van der Waals surface area contributed by atoms with Crippen LogP contribution >= 0.6 is 0 Å². The number of hydrogen-bond acceptors (Lipinski definition) is 4. The molecule has 0 spiro atoms. The molecule has 0 unspecified atom stereocenters. The summed E-state index contributed by atoms with van der Waals surface area (Å²) in [6.45, 7) is 4.26. The van der Waals surface area contributed by atoms with E-state index >= 15 is 0 Å². The van der Waals surface area contributed by atoms with Crippen molar-refractivity contribution in [3.8, 4) is 0 Å². The van der Waals surface area contributed by atoms with Gasteiger partial charge in [-0.15, -0.1) is 0 Å². The second-order valence-corrected chi connectivity index (χ2v) is 3.89. The van der Waals surface area contributed by atoms with Gasteiger partial charge in [-0.25, -0.2) is 0 Å². The second kappa shape index (κ2) is 7.22. The molecule has 1 aliphatic rings. The Kier molecular flexibility index (Phi) is 5.85. The van der Waals surface area contributed by atoms with Crippen LogP contribution in [0.25, 0.3) is 0 Å². The van der Waals surface area contributed by atoms with E-state index in [9.17, 15) is 9.59 Å². The minimum atomic E-state index is -0.260. The first kappa shape index (κ1) is 13.0. The van der Waals surface area contributed by atoms with E-state index < -0.39 is 0 Å². The van der Waals surface area contributed by atoms with Crippen LogP contribution in [0, 0.1) is 5.92 Å². The Morgan fingerprint density at radius 2 is 2.31 bits per heavy atom. The topological polar surface area (TPSA) is 67.4 Å². The molecule has 0 aliphatic carbocycles. The molecule has 1 atom stereocenters. The van der Waals surface area contributed by atoms with Crippen molar-refractivity contribution in [3.63, 3.8) is 0 Å². The fourth-order valence-corrected chi connectivity index (χ4v) is 1.74. The zero-order chi connectivity index (χ0) is 11.8. The average Bonchev–Trinajstić information content (AvgIpc) is 2.30. The van der Waals surface area contributed by atoms with Crippen LogP contribution in [-0.2, 0) is 14.3 Å². The van der Waals surface area contributed by atoms with Crippen LogP contribution in [0.15, 0.2) is 0 Å². The number of amides is 1. The van der Waals surface area contributed by atoms with Crippen LogP contribution < -0.4 is 10.6 Å². The Bertz CT molecular complexity index is 237. The van der Waals surface area contributed by atoms with Crippen molar-refractivity contribution in [2.75, 3.05) is 26.2 Å². The van der Waals surface area contributed by atoms with Crippen molar-refractivity contribution in [1.29, 1.82) is 0 Å². The van der Waals surface area contributed by atoms with Crippen LogP contribution in [0.5, 0.6) is 0 Å². The number of rotatable bonds is 5. The maximum absolute atomic E-state index is 11.6. The zero-order valence-electron chi connectivity index (χ0n) is 9.75. The Morgan fingerprint density at radius 3 is 2.94 bits per heavy atom. The number of piperidine rings is 1. The zero-order valence-corrected chi connectivity index (χ0v) is 9.75. The molecular weight excluding hydrogens is 208 g/mol. The molecule has 5 heteroatoms. The molecule has 1 aliphatic heterocycles. The fraction of sp³-hybridized carbons (Fsp3) is 0.818. The highest BCUT2D eigenvalue weighted by Gasteiger charge is 2.20. The predicted octanol–water partition coefficient (Wildman–Crippen LogP) is 0.0554. The molecule has 16 heavy (non-hydrogen) atoms. The van der Waals surface area contributed by atoms with E-state index in [0.717, 1.165) is 25.9 Å². The SMILES string of the molecule is CCOC(=O)CCNC(=O)[C@H]1CCCNC1. The van der Waals surface area contributed by atoms with E-state index in [4.69, 9.17) is 4.74 Å². The minimum absolute atomic E-state index is 0.0384. The summed E-state index contributed by atoms with van der Waals surface area (Å²) in [6.07, 6.45) is 2.22. The first-order valence-corrected chi connectivity index (χ1v) is 5.88. The molecule has 0 aromatic heterocycles. The van der Waals surface area contributed by atoms with Crippen LogP contribution in [0.3, 0.4) is 0 Å². The molecule has 0 aromatic rings. The molecule has 0 aromatic carbocycles. The summed E-state index contributed by atoms with van der Waals surface area (Å²) in [7, 11) is 0.